The average molecular weight is 929 g/mol. The first-order valence-corrected chi connectivity index (χ1v) is 25.2. The van der Waals surface area contributed by atoms with Crippen molar-refractivity contribution in [1.29, 1.82) is 0 Å². The summed E-state index contributed by atoms with van der Waals surface area (Å²) in [5.41, 5.74) is 4.11. The predicted octanol–water partition coefficient (Wildman–Crippen LogP) is 16.9. The number of aromatic nitrogens is 1. The first-order chi connectivity index (χ1) is 35.1. The first-order valence-electron chi connectivity index (χ1n) is 23.8. The van der Waals surface area contributed by atoms with Gasteiger partial charge in [0.1, 0.15) is 0 Å². The number of hydrogen-bond donors (Lipinski definition) is 1. The maximum atomic E-state index is 11.8. The number of nitrogens with zero attached hydrogens (tertiary/aromatic N) is 1. The second-order valence-electron chi connectivity index (χ2n) is 17.7. The smallest absolute Gasteiger partial charge is 0.277 e. The summed E-state index contributed by atoms with van der Waals surface area (Å²) >= 11 is 0. The number of nitro benzene ring substituents is 1. The van der Waals surface area contributed by atoms with Crippen molar-refractivity contribution in [2.24, 2.45) is 0 Å². The van der Waals surface area contributed by atoms with Crippen LogP contribution >= 0.6 is 7.92 Å². The van der Waals surface area contributed by atoms with Gasteiger partial charge in [0.15, 0.2) is 0 Å². The Morgan fingerprint density at radius 3 is 1.27 bits per heavy atom. The van der Waals surface area contributed by atoms with Crippen LogP contribution in [0.3, 0.4) is 0 Å². The van der Waals surface area contributed by atoms with Crippen LogP contribution in [0.2, 0.25) is 0 Å². The van der Waals surface area contributed by atoms with Crippen LogP contribution in [-0.2, 0) is 0 Å². The molecule has 0 amide bonds. The summed E-state index contributed by atoms with van der Waals surface area (Å²) in [6.07, 6.45) is 0. The summed E-state index contributed by atoms with van der Waals surface area (Å²) < 4.78 is 0. The number of nitro groups is 1. The van der Waals surface area contributed by atoms with E-state index in [9.17, 15) is 10.1 Å². The molecule has 4 nitrogen and oxygen atoms in total. The Balaban J connectivity index is 0.000000111. The number of aromatic amines is 1. The molecule has 0 aliphatic rings. The molecule has 0 saturated heterocycles. The molecule has 0 unspecified atom stereocenters. The fraction of sp³-hybridized carbons (Fsp3) is 0. The molecule has 5 heteroatoms. The Morgan fingerprint density at radius 2 is 0.718 bits per heavy atom. The molecule has 14 aromatic rings. The molecule has 0 atom stereocenters. The fourth-order valence-electron chi connectivity index (χ4n) is 10.2. The average Bonchev–Trinajstić information content (AvgIpc) is 3.83. The van der Waals surface area contributed by atoms with Crippen molar-refractivity contribution < 1.29 is 4.92 Å². The van der Waals surface area contributed by atoms with E-state index in [1.54, 1.807) is 6.07 Å². The minimum Gasteiger partial charge on any atom is -0.354 e. The predicted molar refractivity (Wildman–Crippen MR) is 305 cm³/mol. The van der Waals surface area contributed by atoms with Crippen molar-refractivity contribution in [1.82, 2.24) is 4.98 Å². The van der Waals surface area contributed by atoms with Gasteiger partial charge in [-0.3, -0.25) is 10.1 Å². The van der Waals surface area contributed by atoms with E-state index in [0.29, 0.717) is 5.56 Å². The van der Waals surface area contributed by atoms with E-state index in [1.807, 2.05) is 54.6 Å². The van der Waals surface area contributed by atoms with Crippen LogP contribution in [0.15, 0.2) is 267 Å². The molecule has 14 rings (SSSR count). The lowest BCUT2D eigenvalue weighted by Crippen LogP contribution is -2.20. The van der Waals surface area contributed by atoms with Crippen molar-refractivity contribution in [3.05, 3.63) is 277 Å². The van der Waals surface area contributed by atoms with Crippen LogP contribution in [-0.4, -0.2) is 9.91 Å². The molecule has 1 heterocycles. The fourth-order valence-corrected chi connectivity index (χ4v) is 12.5. The standard InChI is InChI=1S/C24H15NO2.C24H15N.C18H15P/c26-25(27)23-13-12-16-6-3-4-10-20(16)24(23)21-11-5-9-19-14-17-7-1-2-8-18(17)15-22(19)21;1-2-7-17-14-20-18(13-16(17)6-1)10-12-22-24(20)23-19-8-4-3-5-15(19)9-11-21(23)25-22;1-4-10-16(11-5-1)19(17-12-6-2-7-13-17)18-14-8-3-9-15-18/h1-15H;1-14,25H;1-15H. The van der Waals surface area contributed by atoms with E-state index in [2.05, 4.69) is 211 Å². The Labute approximate surface area is 412 Å². The Kier molecular flexibility index (Phi) is 11.5. The third-order valence-electron chi connectivity index (χ3n) is 13.5. The van der Waals surface area contributed by atoms with Gasteiger partial charge >= 0.3 is 0 Å². The van der Waals surface area contributed by atoms with Crippen molar-refractivity contribution in [2.45, 2.75) is 0 Å². The zero-order valence-corrected chi connectivity index (χ0v) is 39.5. The van der Waals surface area contributed by atoms with Gasteiger partial charge in [-0.2, -0.15) is 0 Å². The molecule has 0 aliphatic heterocycles. The van der Waals surface area contributed by atoms with Gasteiger partial charge in [0.05, 0.1) is 10.5 Å². The van der Waals surface area contributed by atoms with Gasteiger partial charge in [0, 0.05) is 27.9 Å². The zero-order valence-electron chi connectivity index (χ0n) is 38.6. The molecular weight excluding hydrogens is 884 g/mol. The number of benzene rings is 13. The zero-order chi connectivity index (χ0) is 47.7. The van der Waals surface area contributed by atoms with Gasteiger partial charge < -0.3 is 4.98 Å². The van der Waals surface area contributed by atoms with Crippen molar-refractivity contribution in [2.75, 3.05) is 0 Å². The quantitative estimate of drug-likeness (QED) is 0.0809. The Morgan fingerprint density at radius 1 is 0.324 bits per heavy atom. The summed E-state index contributed by atoms with van der Waals surface area (Å²) in [5, 5.41) is 32.7. The van der Waals surface area contributed by atoms with Crippen LogP contribution in [0.25, 0.3) is 97.6 Å². The lowest BCUT2D eigenvalue weighted by molar-refractivity contribution is -0.384. The minimum absolute atomic E-state index is 0.134. The van der Waals surface area contributed by atoms with Crippen molar-refractivity contribution in [3.63, 3.8) is 0 Å². The van der Waals surface area contributed by atoms with E-state index >= 15 is 0 Å². The summed E-state index contributed by atoms with van der Waals surface area (Å²) in [4.78, 5) is 15.1. The van der Waals surface area contributed by atoms with E-state index in [-0.39, 0.29) is 10.6 Å². The number of hydrogen-bond acceptors (Lipinski definition) is 2. The molecule has 336 valence electrons. The second-order valence-corrected chi connectivity index (χ2v) is 20.0. The maximum absolute atomic E-state index is 11.8. The first kappa shape index (κ1) is 43.3. The Hall–Kier alpha value is -8.95. The van der Waals surface area contributed by atoms with Crippen LogP contribution in [0.4, 0.5) is 5.69 Å². The van der Waals surface area contributed by atoms with E-state index in [0.717, 1.165) is 37.9 Å². The highest BCUT2D eigenvalue weighted by atomic mass is 31.1. The van der Waals surface area contributed by atoms with Gasteiger partial charge in [0.25, 0.3) is 5.69 Å². The monoisotopic (exact) mass is 928 g/mol. The van der Waals surface area contributed by atoms with Crippen LogP contribution in [0.1, 0.15) is 0 Å². The number of nitrogens with one attached hydrogen (secondary N) is 1. The summed E-state index contributed by atoms with van der Waals surface area (Å²) in [7, 11) is -0.446. The summed E-state index contributed by atoms with van der Waals surface area (Å²) in [6, 6.07) is 92.8. The van der Waals surface area contributed by atoms with E-state index in [1.165, 1.54) is 70.0 Å². The number of H-pyrrole nitrogens is 1. The molecule has 71 heavy (non-hydrogen) atoms. The molecule has 0 radical (unpaired) electrons. The summed E-state index contributed by atoms with van der Waals surface area (Å²) in [6.45, 7) is 0. The number of rotatable bonds is 5. The molecule has 0 bridgehead atoms. The lowest BCUT2D eigenvalue weighted by Gasteiger charge is -2.18. The topological polar surface area (TPSA) is 58.9 Å². The molecule has 0 saturated carbocycles. The van der Waals surface area contributed by atoms with Crippen molar-refractivity contribution >= 4 is 116 Å². The molecule has 13 aromatic carbocycles. The molecular formula is C66H45N2O2P. The van der Waals surface area contributed by atoms with Gasteiger partial charge in [-0.1, -0.05) is 218 Å². The third kappa shape index (κ3) is 8.31. The second kappa shape index (κ2) is 18.9. The molecule has 0 aliphatic carbocycles. The molecule has 0 fully saturated rings. The number of fused-ring (bicyclic) bond motifs is 11. The van der Waals surface area contributed by atoms with Gasteiger partial charge in [-0.25, -0.2) is 0 Å². The highest BCUT2D eigenvalue weighted by Crippen LogP contribution is 2.42. The molecule has 0 spiro atoms. The third-order valence-corrected chi connectivity index (χ3v) is 15.9. The van der Waals surface area contributed by atoms with Crippen LogP contribution in [0.5, 0.6) is 0 Å². The highest BCUT2D eigenvalue weighted by Gasteiger charge is 2.21. The minimum atomic E-state index is -0.446. The SMILES string of the molecule is O=[N+]([O-])c1ccc2ccccc2c1-c1cccc2cc3ccccc3cc12.c1ccc(P(c2ccccc2)c2ccccc2)cc1.c1ccc2cc3c(ccc4[nH]c5ccc6ccccc6c5c43)cc2c1. The highest BCUT2D eigenvalue weighted by molar-refractivity contribution is 7.79. The van der Waals surface area contributed by atoms with Gasteiger partial charge in [-0.05, 0) is 136 Å². The normalized spacial score (nSPS) is 11.3. The maximum Gasteiger partial charge on any atom is 0.277 e. The Bertz CT molecular complexity index is 4170. The van der Waals surface area contributed by atoms with Crippen molar-refractivity contribution in [3.8, 4) is 11.1 Å². The van der Waals surface area contributed by atoms with Crippen LogP contribution < -0.4 is 15.9 Å². The van der Waals surface area contributed by atoms with Gasteiger partial charge in [0.2, 0.25) is 0 Å². The van der Waals surface area contributed by atoms with E-state index in [4.69, 9.17) is 0 Å². The molecule has 1 aromatic heterocycles. The van der Waals surface area contributed by atoms with E-state index < -0.39 is 7.92 Å². The van der Waals surface area contributed by atoms with Gasteiger partial charge in [-0.15, -0.1) is 0 Å². The molecule has 1 N–H and O–H groups in total. The van der Waals surface area contributed by atoms with Crippen LogP contribution in [0, 0.1) is 10.1 Å². The largest absolute Gasteiger partial charge is 0.354 e. The lowest BCUT2D eigenvalue weighted by atomic mass is 9.91. The summed E-state index contributed by atoms with van der Waals surface area (Å²) in [5.74, 6) is 0.